The van der Waals surface area contributed by atoms with Crippen LogP contribution >= 0.6 is 28.1 Å². The normalized spacial score (nSPS) is 14.8. The van der Waals surface area contributed by atoms with Crippen LogP contribution in [0.4, 0.5) is 4.79 Å². The third-order valence-electron chi connectivity index (χ3n) is 3.87. The van der Waals surface area contributed by atoms with Crippen LogP contribution in [0.2, 0.25) is 0 Å². The summed E-state index contributed by atoms with van der Waals surface area (Å²) in [5.41, 5.74) is 1.08. The van der Waals surface area contributed by atoms with Crippen molar-refractivity contribution in [3.63, 3.8) is 0 Å². The number of halogens is 1. The largest absolute Gasteiger partial charge is 0.444 e. The van der Waals surface area contributed by atoms with Gasteiger partial charge < -0.3 is 14.5 Å². The van der Waals surface area contributed by atoms with Crippen molar-refractivity contribution in [1.82, 2.24) is 15.1 Å². The van der Waals surface area contributed by atoms with Crippen molar-refractivity contribution in [2.24, 2.45) is 0 Å². The Bertz CT molecular complexity index is 710. The highest BCUT2D eigenvalue weighted by molar-refractivity contribution is 9.10. The lowest BCUT2D eigenvalue weighted by atomic mass is 10.1. The Kier molecular flexibility index (Phi) is 6.63. The number of carbonyl (C=O) groups excluding carboxylic acids is 2. The fraction of sp³-hybridized carbons (Fsp3) is 0.500. The number of amides is 2. The molecule has 2 rings (SSSR count). The molecule has 0 bridgehead atoms. The van der Waals surface area contributed by atoms with E-state index in [0.29, 0.717) is 36.9 Å². The standard InChI is InChI=1S/C18H24BrN3O3S/c1-12-5-6-13(11-14(12)19)15(23)20-16(26)21-7-9-22(10-8-21)17(24)25-18(2,3)4/h5-6,11H,7-10H2,1-4H3,(H,20,23,26). The van der Waals surface area contributed by atoms with Gasteiger partial charge in [0.2, 0.25) is 0 Å². The number of hydrogen-bond acceptors (Lipinski definition) is 4. The van der Waals surface area contributed by atoms with Crippen LogP contribution in [-0.2, 0) is 4.74 Å². The van der Waals surface area contributed by atoms with Crippen molar-refractivity contribution in [3.05, 3.63) is 33.8 Å². The van der Waals surface area contributed by atoms with Crippen LogP contribution < -0.4 is 5.32 Å². The molecule has 142 valence electrons. The highest BCUT2D eigenvalue weighted by Crippen LogP contribution is 2.17. The molecule has 0 spiro atoms. The van der Waals surface area contributed by atoms with Gasteiger partial charge in [-0.15, -0.1) is 0 Å². The summed E-state index contributed by atoms with van der Waals surface area (Å²) < 4.78 is 6.25. The van der Waals surface area contributed by atoms with Crippen molar-refractivity contribution in [2.45, 2.75) is 33.3 Å². The van der Waals surface area contributed by atoms with Gasteiger partial charge in [-0.3, -0.25) is 10.1 Å². The highest BCUT2D eigenvalue weighted by Gasteiger charge is 2.27. The molecular formula is C18H24BrN3O3S. The summed E-state index contributed by atoms with van der Waals surface area (Å²) in [5, 5.41) is 3.13. The lowest BCUT2D eigenvalue weighted by molar-refractivity contribution is 0.0186. The first-order chi connectivity index (χ1) is 12.1. The van der Waals surface area contributed by atoms with E-state index in [1.807, 2.05) is 38.7 Å². The Labute approximate surface area is 168 Å². The lowest BCUT2D eigenvalue weighted by Crippen LogP contribution is -2.54. The van der Waals surface area contributed by atoms with E-state index in [9.17, 15) is 9.59 Å². The van der Waals surface area contributed by atoms with E-state index in [1.165, 1.54) is 0 Å². The Morgan fingerprint density at radius 1 is 1.15 bits per heavy atom. The quantitative estimate of drug-likeness (QED) is 0.677. The van der Waals surface area contributed by atoms with Gasteiger partial charge in [0, 0.05) is 36.2 Å². The number of benzene rings is 1. The van der Waals surface area contributed by atoms with Gasteiger partial charge in [-0.2, -0.15) is 0 Å². The van der Waals surface area contributed by atoms with Gasteiger partial charge in [-0.05, 0) is 57.6 Å². The summed E-state index contributed by atoms with van der Waals surface area (Å²) >= 11 is 8.77. The number of carbonyl (C=O) groups is 2. The number of hydrogen-bond donors (Lipinski definition) is 1. The van der Waals surface area contributed by atoms with E-state index in [0.717, 1.165) is 10.0 Å². The van der Waals surface area contributed by atoms with E-state index in [-0.39, 0.29) is 12.0 Å². The third-order valence-corrected chi connectivity index (χ3v) is 5.09. The lowest BCUT2D eigenvalue weighted by Gasteiger charge is -2.36. The fourth-order valence-corrected chi connectivity index (χ4v) is 3.06. The molecule has 1 aliphatic rings. The molecule has 2 amide bonds. The first kappa shape index (κ1) is 20.6. The maximum absolute atomic E-state index is 12.4. The van der Waals surface area contributed by atoms with Gasteiger partial charge in [-0.25, -0.2) is 4.79 Å². The molecule has 1 aliphatic heterocycles. The first-order valence-electron chi connectivity index (χ1n) is 8.41. The molecule has 8 heteroatoms. The predicted octanol–water partition coefficient (Wildman–Crippen LogP) is 3.32. The molecule has 1 fully saturated rings. The van der Waals surface area contributed by atoms with Gasteiger partial charge in [0.1, 0.15) is 5.60 Å². The summed E-state index contributed by atoms with van der Waals surface area (Å²) in [4.78, 5) is 28.0. The van der Waals surface area contributed by atoms with Crippen molar-refractivity contribution in [2.75, 3.05) is 26.2 Å². The second-order valence-corrected chi connectivity index (χ2v) is 8.42. The second kappa shape index (κ2) is 8.35. The van der Waals surface area contributed by atoms with Crippen molar-refractivity contribution >= 4 is 45.3 Å². The summed E-state index contributed by atoms with van der Waals surface area (Å²) in [6, 6.07) is 5.41. The van der Waals surface area contributed by atoms with Gasteiger partial charge >= 0.3 is 6.09 Å². The molecule has 0 radical (unpaired) electrons. The number of aryl methyl sites for hydroxylation is 1. The monoisotopic (exact) mass is 441 g/mol. The van der Waals surface area contributed by atoms with Crippen molar-refractivity contribution in [3.8, 4) is 0 Å². The van der Waals surface area contributed by atoms with Crippen LogP contribution in [-0.4, -0.2) is 58.7 Å². The van der Waals surface area contributed by atoms with E-state index < -0.39 is 5.60 Å². The number of nitrogens with one attached hydrogen (secondary N) is 1. The molecule has 0 saturated carbocycles. The maximum Gasteiger partial charge on any atom is 0.410 e. The van der Waals surface area contributed by atoms with Crippen LogP contribution in [0.3, 0.4) is 0 Å². The molecule has 1 heterocycles. The molecule has 26 heavy (non-hydrogen) atoms. The zero-order chi connectivity index (χ0) is 19.5. The second-order valence-electron chi connectivity index (χ2n) is 7.18. The topological polar surface area (TPSA) is 61.9 Å². The van der Waals surface area contributed by atoms with Crippen molar-refractivity contribution in [1.29, 1.82) is 0 Å². The average Bonchev–Trinajstić information content (AvgIpc) is 2.55. The number of piperazine rings is 1. The van der Waals surface area contributed by atoms with Gasteiger partial charge in [-0.1, -0.05) is 22.0 Å². The molecule has 1 aromatic carbocycles. The minimum atomic E-state index is -0.514. The summed E-state index contributed by atoms with van der Waals surface area (Å²) in [5.74, 6) is -0.245. The Hall–Kier alpha value is -1.67. The predicted molar refractivity (Wildman–Crippen MR) is 108 cm³/mol. The van der Waals surface area contributed by atoms with E-state index >= 15 is 0 Å². The van der Waals surface area contributed by atoms with Gasteiger partial charge in [0.15, 0.2) is 5.11 Å². The van der Waals surface area contributed by atoms with Gasteiger partial charge in [0.05, 0.1) is 0 Å². The minimum Gasteiger partial charge on any atom is -0.444 e. The Morgan fingerprint density at radius 2 is 1.73 bits per heavy atom. The molecule has 0 aromatic heterocycles. The molecule has 1 aromatic rings. The number of thiocarbonyl (C=S) groups is 1. The molecular weight excluding hydrogens is 418 g/mol. The number of nitrogens with zero attached hydrogens (tertiary/aromatic N) is 2. The van der Waals surface area contributed by atoms with Crippen LogP contribution in [0.5, 0.6) is 0 Å². The van der Waals surface area contributed by atoms with Crippen LogP contribution in [0, 0.1) is 6.92 Å². The van der Waals surface area contributed by atoms with Crippen LogP contribution in [0.15, 0.2) is 22.7 Å². The third kappa shape index (κ3) is 5.67. The zero-order valence-electron chi connectivity index (χ0n) is 15.5. The summed E-state index contributed by atoms with van der Waals surface area (Å²) in [6.45, 7) is 9.59. The Balaban J connectivity index is 1.87. The summed E-state index contributed by atoms with van der Waals surface area (Å²) in [7, 11) is 0. The molecule has 0 unspecified atom stereocenters. The molecule has 1 N–H and O–H groups in total. The van der Waals surface area contributed by atoms with E-state index in [1.54, 1.807) is 17.0 Å². The first-order valence-corrected chi connectivity index (χ1v) is 9.61. The number of rotatable bonds is 1. The SMILES string of the molecule is Cc1ccc(C(=O)NC(=S)N2CCN(C(=O)OC(C)(C)C)CC2)cc1Br. The smallest absolute Gasteiger partial charge is 0.410 e. The average molecular weight is 442 g/mol. The Morgan fingerprint density at radius 3 is 2.27 bits per heavy atom. The van der Waals surface area contributed by atoms with Crippen molar-refractivity contribution < 1.29 is 14.3 Å². The fourth-order valence-electron chi connectivity index (χ4n) is 2.40. The van der Waals surface area contributed by atoms with Crippen LogP contribution in [0.25, 0.3) is 0 Å². The molecule has 6 nitrogen and oxygen atoms in total. The molecule has 0 aliphatic carbocycles. The minimum absolute atomic E-state index is 0.245. The highest BCUT2D eigenvalue weighted by atomic mass is 79.9. The zero-order valence-corrected chi connectivity index (χ0v) is 17.9. The molecule has 1 saturated heterocycles. The van der Waals surface area contributed by atoms with E-state index in [4.69, 9.17) is 17.0 Å². The molecule has 0 atom stereocenters. The maximum atomic E-state index is 12.4. The van der Waals surface area contributed by atoms with Gasteiger partial charge in [0.25, 0.3) is 5.91 Å². The van der Waals surface area contributed by atoms with Crippen LogP contribution in [0.1, 0.15) is 36.7 Å². The van der Waals surface area contributed by atoms with E-state index in [2.05, 4.69) is 21.2 Å². The number of ether oxygens (including phenoxy) is 1. The summed E-state index contributed by atoms with van der Waals surface area (Å²) in [6.07, 6.45) is -0.323.